The van der Waals surface area contributed by atoms with Gasteiger partial charge in [0.1, 0.15) is 12.2 Å². The van der Waals surface area contributed by atoms with Crippen LogP contribution in [0.15, 0.2) is 11.8 Å². The van der Waals surface area contributed by atoms with Crippen molar-refractivity contribution in [3.8, 4) is 0 Å². The number of allylic oxidation sites excluding steroid dienone is 2. The van der Waals surface area contributed by atoms with Crippen LogP contribution in [0.25, 0.3) is 0 Å². The standard InChI is InChI=1S/C15H17NO6/c1-4-22-12(19)6-16-8(2)9(7-17)13-14(16)10(18)5-11(21-3)15(13)20/h5,17H,4,6-7H2,1-3H3. The van der Waals surface area contributed by atoms with Crippen LogP contribution in [0.2, 0.25) is 0 Å². The van der Waals surface area contributed by atoms with Crippen LogP contribution in [-0.2, 0) is 27.4 Å². The van der Waals surface area contributed by atoms with E-state index in [0.717, 1.165) is 6.08 Å². The van der Waals surface area contributed by atoms with Crippen molar-refractivity contribution in [3.63, 3.8) is 0 Å². The lowest BCUT2D eigenvalue weighted by Gasteiger charge is -2.14. The summed E-state index contributed by atoms with van der Waals surface area (Å²) in [5, 5.41) is 9.53. The first-order valence-corrected chi connectivity index (χ1v) is 6.79. The minimum atomic E-state index is -0.519. The molecule has 0 aliphatic heterocycles. The largest absolute Gasteiger partial charge is 0.492 e. The van der Waals surface area contributed by atoms with E-state index in [-0.39, 0.29) is 30.2 Å². The van der Waals surface area contributed by atoms with E-state index < -0.39 is 24.1 Å². The smallest absolute Gasteiger partial charge is 0.325 e. The molecule has 1 aliphatic carbocycles. The average molecular weight is 307 g/mol. The van der Waals surface area contributed by atoms with Crippen LogP contribution >= 0.6 is 0 Å². The molecule has 1 aliphatic rings. The van der Waals surface area contributed by atoms with Gasteiger partial charge in [-0.15, -0.1) is 0 Å². The van der Waals surface area contributed by atoms with E-state index in [1.54, 1.807) is 13.8 Å². The summed E-state index contributed by atoms with van der Waals surface area (Å²) >= 11 is 0. The van der Waals surface area contributed by atoms with E-state index in [2.05, 4.69) is 0 Å². The normalized spacial score (nSPS) is 13.7. The Kier molecular flexibility index (Phi) is 4.46. The first-order chi connectivity index (χ1) is 10.5. The number of carbonyl (C=O) groups excluding carboxylic acids is 3. The second-order valence-electron chi connectivity index (χ2n) is 4.74. The highest BCUT2D eigenvalue weighted by Crippen LogP contribution is 2.30. The zero-order valence-corrected chi connectivity index (χ0v) is 12.6. The molecular weight excluding hydrogens is 290 g/mol. The van der Waals surface area contributed by atoms with Crippen molar-refractivity contribution < 1.29 is 29.0 Å². The molecule has 0 unspecified atom stereocenters. The number of ketones is 2. The lowest BCUT2D eigenvalue weighted by Crippen LogP contribution is -2.23. The number of Topliss-reactive ketones (excluding diaryl/α,β-unsaturated/α-hetero) is 1. The van der Waals surface area contributed by atoms with Crippen molar-refractivity contribution in [2.75, 3.05) is 13.7 Å². The third-order valence-electron chi connectivity index (χ3n) is 3.57. The predicted molar refractivity (Wildman–Crippen MR) is 75.5 cm³/mol. The van der Waals surface area contributed by atoms with Gasteiger partial charge in [0, 0.05) is 17.3 Å². The Bertz CT molecular complexity index is 683. The van der Waals surface area contributed by atoms with Gasteiger partial charge in [0.25, 0.3) is 0 Å². The summed E-state index contributed by atoms with van der Waals surface area (Å²) in [5.74, 6) is -1.53. The van der Waals surface area contributed by atoms with Crippen molar-refractivity contribution in [1.29, 1.82) is 0 Å². The molecule has 118 valence electrons. The van der Waals surface area contributed by atoms with Gasteiger partial charge in [-0.05, 0) is 13.8 Å². The zero-order valence-electron chi connectivity index (χ0n) is 12.6. The first kappa shape index (κ1) is 16.0. The number of rotatable bonds is 5. The maximum Gasteiger partial charge on any atom is 0.325 e. The number of nitrogens with zero attached hydrogens (tertiary/aromatic N) is 1. The number of carbonyl (C=O) groups is 3. The molecule has 0 fully saturated rings. The Morgan fingerprint density at radius 3 is 2.59 bits per heavy atom. The van der Waals surface area contributed by atoms with Gasteiger partial charge in [0.15, 0.2) is 5.76 Å². The van der Waals surface area contributed by atoms with E-state index in [1.807, 2.05) is 0 Å². The molecule has 0 atom stereocenters. The second kappa shape index (κ2) is 6.15. The molecule has 0 spiro atoms. The highest BCUT2D eigenvalue weighted by Gasteiger charge is 2.35. The molecule has 0 radical (unpaired) electrons. The third kappa shape index (κ3) is 2.43. The highest BCUT2D eigenvalue weighted by molar-refractivity contribution is 6.24. The van der Waals surface area contributed by atoms with Crippen molar-refractivity contribution in [3.05, 3.63) is 34.3 Å². The summed E-state index contributed by atoms with van der Waals surface area (Å²) in [6.07, 6.45) is 1.09. The number of esters is 1. The molecule has 0 aromatic carbocycles. The van der Waals surface area contributed by atoms with E-state index in [0.29, 0.717) is 11.3 Å². The molecule has 0 bridgehead atoms. The van der Waals surface area contributed by atoms with Gasteiger partial charge in [-0.2, -0.15) is 0 Å². The topological polar surface area (TPSA) is 94.8 Å². The lowest BCUT2D eigenvalue weighted by molar-refractivity contribution is -0.143. The number of aliphatic hydroxyl groups is 1. The fourth-order valence-electron chi connectivity index (χ4n) is 2.54. The summed E-state index contributed by atoms with van der Waals surface area (Å²) in [5.41, 5.74) is 0.974. The second-order valence-corrected chi connectivity index (χ2v) is 4.74. The van der Waals surface area contributed by atoms with Gasteiger partial charge in [-0.3, -0.25) is 14.4 Å². The monoisotopic (exact) mass is 307 g/mol. The number of aromatic nitrogens is 1. The van der Waals surface area contributed by atoms with E-state index in [9.17, 15) is 19.5 Å². The minimum absolute atomic E-state index is 0.0829. The van der Waals surface area contributed by atoms with Crippen LogP contribution in [0, 0.1) is 6.92 Å². The Hall–Kier alpha value is -2.41. The maximum absolute atomic E-state index is 12.4. The fourth-order valence-corrected chi connectivity index (χ4v) is 2.54. The van der Waals surface area contributed by atoms with Crippen molar-refractivity contribution in [1.82, 2.24) is 4.57 Å². The quantitative estimate of drug-likeness (QED) is 0.807. The molecule has 2 rings (SSSR count). The van der Waals surface area contributed by atoms with Crippen LogP contribution in [0.3, 0.4) is 0 Å². The number of aliphatic hydroxyl groups excluding tert-OH is 1. The van der Waals surface area contributed by atoms with Gasteiger partial charge in [-0.1, -0.05) is 0 Å². The van der Waals surface area contributed by atoms with Crippen molar-refractivity contribution in [2.45, 2.75) is 27.0 Å². The summed E-state index contributed by atoms with van der Waals surface area (Å²) in [6, 6.07) is 0. The molecule has 7 heteroatoms. The molecule has 0 saturated heterocycles. The predicted octanol–water partition coefficient (Wildman–Crippen LogP) is 0.761. The van der Waals surface area contributed by atoms with E-state index >= 15 is 0 Å². The summed E-state index contributed by atoms with van der Waals surface area (Å²) in [6.45, 7) is 2.92. The Labute approximate surface area is 127 Å². The number of hydrogen-bond donors (Lipinski definition) is 1. The third-order valence-corrected chi connectivity index (χ3v) is 3.57. The molecule has 0 amide bonds. The van der Waals surface area contributed by atoms with Crippen LogP contribution < -0.4 is 0 Å². The molecule has 1 aromatic heterocycles. The van der Waals surface area contributed by atoms with Gasteiger partial charge < -0.3 is 19.1 Å². The Balaban J connectivity index is 2.60. The Morgan fingerprint density at radius 1 is 1.36 bits per heavy atom. The molecule has 1 heterocycles. The lowest BCUT2D eigenvalue weighted by atomic mass is 9.96. The van der Waals surface area contributed by atoms with Gasteiger partial charge in [0.2, 0.25) is 11.6 Å². The van der Waals surface area contributed by atoms with Gasteiger partial charge >= 0.3 is 5.97 Å². The number of methoxy groups -OCH3 is 1. The van der Waals surface area contributed by atoms with E-state index in [1.165, 1.54) is 11.7 Å². The first-order valence-electron chi connectivity index (χ1n) is 6.79. The van der Waals surface area contributed by atoms with Crippen molar-refractivity contribution >= 4 is 17.5 Å². The number of ether oxygens (including phenoxy) is 2. The fraction of sp³-hybridized carbons (Fsp3) is 0.400. The summed E-state index contributed by atoms with van der Waals surface area (Å²) < 4.78 is 11.2. The molecule has 22 heavy (non-hydrogen) atoms. The molecular formula is C15H17NO6. The van der Waals surface area contributed by atoms with Crippen LogP contribution in [0.1, 0.15) is 39.0 Å². The average Bonchev–Trinajstić information content (AvgIpc) is 2.76. The van der Waals surface area contributed by atoms with Crippen LogP contribution in [0.4, 0.5) is 0 Å². The number of fused-ring (bicyclic) bond motifs is 1. The molecule has 1 N–H and O–H groups in total. The number of hydrogen-bond acceptors (Lipinski definition) is 6. The van der Waals surface area contributed by atoms with Gasteiger partial charge in [-0.25, -0.2) is 0 Å². The highest BCUT2D eigenvalue weighted by atomic mass is 16.5. The molecule has 0 saturated carbocycles. The maximum atomic E-state index is 12.4. The summed E-state index contributed by atoms with van der Waals surface area (Å²) in [7, 11) is 1.29. The van der Waals surface area contributed by atoms with Crippen LogP contribution in [0.5, 0.6) is 0 Å². The zero-order chi connectivity index (χ0) is 16.4. The molecule has 7 nitrogen and oxygen atoms in total. The Morgan fingerprint density at radius 2 is 2.05 bits per heavy atom. The van der Waals surface area contributed by atoms with Crippen LogP contribution in [-0.4, -0.2) is 40.9 Å². The van der Waals surface area contributed by atoms with Crippen molar-refractivity contribution in [2.24, 2.45) is 0 Å². The molecule has 1 aromatic rings. The SMILES string of the molecule is CCOC(=O)Cn1c(C)c(CO)c2c1C(=O)C=C(OC)C2=O. The summed E-state index contributed by atoms with van der Waals surface area (Å²) in [4.78, 5) is 36.4. The van der Waals surface area contributed by atoms with Gasteiger partial charge in [0.05, 0.1) is 25.9 Å². The minimum Gasteiger partial charge on any atom is -0.492 e. The van der Waals surface area contributed by atoms with E-state index in [4.69, 9.17) is 9.47 Å².